The van der Waals surface area contributed by atoms with Crippen molar-refractivity contribution in [1.82, 2.24) is 0 Å². The quantitative estimate of drug-likeness (QED) is 0.174. The maximum atomic E-state index is 2.57. The molecule has 9 aromatic rings. The Hall–Kier alpha value is -6.18. The minimum absolute atomic E-state index is 0.121. The predicted molar refractivity (Wildman–Crippen MR) is 214 cm³/mol. The molecule has 0 spiro atoms. The molecule has 0 amide bonds. The summed E-state index contributed by atoms with van der Waals surface area (Å²) < 4.78 is 0. The molecule has 0 saturated carbocycles. The van der Waals surface area contributed by atoms with Gasteiger partial charge in [-0.15, -0.1) is 0 Å². The van der Waals surface area contributed by atoms with Crippen LogP contribution in [0, 0.1) is 0 Å². The first-order valence-electron chi connectivity index (χ1n) is 17.5. The van der Waals surface area contributed by atoms with Crippen molar-refractivity contribution >= 4 is 60.2 Å². The molecule has 1 aliphatic rings. The molecule has 0 radical (unpaired) electrons. The first kappa shape index (κ1) is 28.8. The molecule has 0 atom stereocenters. The summed E-state index contributed by atoms with van der Waals surface area (Å²) in [5.74, 6) is 0. The lowest BCUT2D eigenvalue weighted by atomic mass is 9.82. The molecule has 0 saturated heterocycles. The van der Waals surface area contributed by atoms with Gasteiger partial charge < -0.3 is 4.90 Å². The molecule has 0 bridgehead atoms. The summed E-state index contributed by atoms with van der Waals surface area (Å²) in [6.45, 7) is 4.74. The van der Waals surface area contributed by atoms with Crippen LogP contribution in [-0.4, -0.2) is 0 Å². The maximum Gasteiger partial charge on any atom is 0.0547 e. The van der Waals surface area contributed by atoms with E-state index in [1.807, 2.05) is 0 Å². The van der Waals surface area contributed by atoms with Crippen molar-refractivity contribution in [1.29, 1.82) is 0 Å². The van der Waals surface area contributed by atoms with E-state index in [1.165, 1.54) is 87.8 Å². The normalized spacial score (nSPS) is 13.2. The van der Waals surface area contributed by atoms with Crippen LogP contribution in [-0.2, 0) is 5.41 Å². The molecule has 236 valence electrons. The smallest absolute Gasteiger partial charge is 0.0547 e. The van der Waals surface area contributed by atoms with E-state index < -0.39 is 0 Å². The number of rotatable bonds is 4. The van der Waals surface area contributed by atoms with Gasteiger partial charge in [0.15, 0.2) is 0 Å². The Bertz CT molecular complexity index is 2800. The monoisotopic (exact) mass is 637 g/mol. The van der Waals surface area contributed by atoms with Crippen LogP contribution in [0.4, 0.5) is 17.1 Å². The first-order chi connectivity index (χ1) is 24.6. The molecular weight excluding hydrogens is 603 g/mol. The van der Waals surface area contributed by atoms with Crippen LogP contribution in [0.15, 0.2) is 176 Å². The van der Waals surface area contributed by atoms with Crippen LogP contribution in [0.2, 0.25) is 0 Å². The second-order valence-electron chi connectivity index (χ2n) is 14.1. The van der Waals surface area contributed by atoms with Gasteiger partial charge in [0.2, 0.25) is 0 Å². The molecule has 0 heterocycles. The average Bonchev–Trinajstić information content (AvgIpc) is 3.41. The molecule has 0 aromatic heterocycles. The molecule has 0 fully saturated rings. The lowest BCUT2D eigenvalue weighted by Gasteiger charge is -2.32. The van der Waals surface area contributed by atoms with Gasteiger partial charge >= 0.3 is 0 Å². The zero-order valence-corrected chi connectivity index (χ0v) is 28.2. The molecule has 0 aliphatic heterocycles. The summed E-state index contributed by atoms with van der Waals surface area (Å²) in [5.41, 5.74) is 11.2. The summed E-state index contributed by atoms with van der Waals surface area (Å²) in [7, 11) is 0. The summed E-state index contributed by atoms with van der Waals surface area (Å²) in [5, 5.41) is 10.0. The van der Waals surface area contributed by atoms with Gasteiger partial charge in [-0.2, -0.15) is 0 Å². The number of hydrogen-bond acceptors (Lipinski definition) is 1. The van der Waals surface area contributed by atoms with Gasteiger partial charge in [-0.25, -0.2) is 0 Å². The topological polar surface area (TPSA) is 3.24 Å². The highest BCUT2D eigenvalue weighted by molar-refractivity contribution is 6.22. The van der Waals surface area contributed by atoms with E-state index in [1.54, 1.807) is 0 Å². The Morgan fingerprint density at radius 3 is 1.72 bits per heavy atom. The zero-order chi connectivity index (χ0) is 33.4. The van der Waals surface area contributed by atoms with E-state index in [2.05, 4.69) is 195 Å². The van der Waals surface area contributed by atoms with Crippen LogP contribution in [0.25, 0.3) is 65.3 Å². The van der Waals surface area contributed by atoms with Crippen molar-refractivity contribution in [2.75, 3.05) is 4.90 Å². The number of anilines is 3. The van der Waals surface area contributed by atoms with Crippen molar-refractivity contribution < 1.29 is 0 Å². The Kier molecular flexibility index (Phi) is 6.29. The van der Waals surface area contributed by atoms with E-state index in [-0.39, 0.29) is 5.41 Å². The first-order valence-corrected chi connectivity index (χ1v) is 17.5. The van der Waals surface area contributed by atoms with Gasteiger partial charge in [-0.05, 0) is 78.2 Å². The van der Waals surface area contributed by atoms with Crippen LogP contribution in [0.1, 0.15) is 25.0 Å². The predicted octanol–water partition coefficient (Wildman–Crippen LogP) is 13.7. The highest BCUT2D eigenvalue weighted by atomic mass is 15.1. The van der Waals surface area contributed by atoms with E-state index in [0.717, 1.165) is 5.69 Å². The second kappa shape index (κ2) is 10.9. The Morgan fingerprint density at radius 2 is 0.880 bits per heavy atom. The fraction of sp³-hybridized carbons (Fsp3) is 0.0612. The van der Waals surface area contributed by atoms with E-state index in [4.69, 9.17) is 0 Å². The summed E-state index contributed by atoms with van der Waals surface area (Å²) in [6.07, 6.45) is 0. The largest absolute Gasteiger partial charge is 0.309 e. The molecule has 9 aromatic carbocycles. The number of benzene rings is 9. The van der Waals surface area contributed by atoms with Gasteiger partial charge in [0.1, 0.15) is 0 Å². The fourth-order valence-corrected chi connectivity index (χ4v) is 8.69. The molecule has 10 rings (SSSR count). The lowest BCUT2D eigenvalue weighted by molar-refractivity contribution is 0.660. The zero-order valence-electron chi connectivity index (χ0n) is 28.2. The third kappa shape index (κ3) is 4.13. The van der Waals surface area contributed by atoms with Crippen LogP contribution < -0.4 is 4.90 Å². The molecule has 1 heteroatoms. The average molecular weight is 638 g/mol. The second-order valence-corrected chi connectivity index (χ2v) is 14.1. The van der Waals surface area contributed by atoms with Crippen LogP contribution in [0.3, 0.4) is 0 Å². The van der Waals surface area contributed by atoms with Crippen molar-refractivity contribution in [3.05, 3.63) is 187 Å². The lowest BCUT2D eigenvalue weighted by Crippen LogP contribution is -2.16. The van der Waals surface area contributed by atoms with Crippen LogP contribution in [0.5, 0.6) is 0 Å². The third-order valence-electron chi connectivity index (χ3n) is 11.0. The van der Waals surface area contributed by atoms with E-state index in [9.17, 15) is 0 Å². The Labute approximate surface area is 292 Å². The van der Waals surface area contributed by atoms with E-state index >= 15 is 0 Å². The van der Waals surface area contributed by atoms with Crippen molar-refractivity contribution in [3.63, 3.8) is 0 Å². The summed E-state index contributed by atoms with van der Waals surface area (Å²) >= 11 is 0. The van der Waals surface area contributed by atoms with Gasteiger partial charge in [-0.3, -0.25) is 0 Å². The van der Waals surface area contributed by atoms with Crippen molar-refractivity contribution in [2.24, 2.45) is 0 Å². The Balaban J connectivity index is 1.37. The van der Waals surface area contributed by atoms with Gasteiger partial charge in [0, 0.05) is 21.9 Å². The van der Waals surface area contributed by atoms with Crippen molar-refractivity contribution in [3.8, 4) is 22.3 Å². The number of fused-ring (bicyclic) bond motifs is 9. The highest BCUT2D eigenvalue weighted by Crippen LogP contribution is 2.56. The Morgan fingerprint density at radius 1 is 0.340 bits per heavy atom. The van der Waals surface area contributed by atoms with Gasteiger partial charge in [0.25, 0.3) is 0 Å². The molecular formula is C49H35N. The number of hydrogen-bond donors (Lipinski definition) is 0. The fourth-order valence-electron chi connectivity index (χ4n) is 8.69. The molecule has 0 unspecified atom stereocenters. The molecule has 1 nitrogen and oxygen atoms in total. The summed E-state index contributed by atoms with van der Waals surface area (Å²) in [4.78, 5) is 2.57. The van der Waals surface area contributed by atoms with Gasteiger partial charge in [0.05, 0.1) is 17.1 Å². The number of para-hydroxylation sites is 1. The molecule has 1 aliphatic carbocycles. The molecule has 50 heavy (non-hydrogen) atoms. The maximum absolute atomic E-state index is 2.57. The van der Waals surface area contributed by atoms with Crippen molar-refractivity contribution in [2.45, 2.75) is 19.3 Å². The third-order valence-corrected chi connectivity index (χ3v) is 11.0. The molecule has 0 N–H and O–H groups in total. The van der Waals surface area contributed by atoms with E-state index in [0.29, 0.717) is 0 Å². The summed E-state index contributed by atoms with van der Waals surface area (Å²) in [6, 6.07) is 65.1. The minimum atomic E-state index is -0.121. The van der Waals surface area contributed by atoms with Crippen LogP contribution >= 0.6 is 0 Å². The van der Waals surface area contributed by atoms with Gasteiger partial charge in [-0.1, -0.05) is 172 Å². The standard InChI is InChI=1S/C49H35N/c1-49(2)43-25-11-9-23-41(43)48-44(49)26-14-28-46(48)50(45-27-12-10-21-39(45)36-24-13-17-32-15-3-5-18-34(32)36)47-31-42-35-19-6-4-16-33(35)29-30-38(42)37-20-7-8-22-40(37)47/h3-31H,1-2H3. The minimum Gasteiger partial charge on any atom is -0.309 e. The SMILES string of the molecule is CC1(C)c2ccccc2-c2c(N(c3ccccc3-c3cccc4ccccc34)c3cc4c5ccccc5ccc4c4ccccc34)cccc21. The highest BCUT2D eigenvalue weighted by Gasteiger charge is 2.38. The number of nitrogens with zero attached hydrogens (tertiary/aromatic N) is 1.